The summed E-state index contributed by atoms with van der Waals surface area (Å²) in [5.74, 6) is 0. The van der Waals surface area contributed by atoms with Crippen LogP contribution >= 0.6 is 0 Å². The van der Waals surface area contributed by atoms with E-state index in [4.69, 9.17) is 5.11 Å². The molecule has 0 radical (unpaired) electrons. The van der Waals surface area contributed by atoms with Gasteiger partial charge in [0.15, 0.2) is 0 Å². The van der Waals surface area contributed by atoms with Gasteiger partial charge in [-0.25, -0.2) is 0 Å². The van der Waals surface area contributed by atoms with Gasteiger partial charge < -0.3 is 10.4 Å². The fourth-order valence-corrected chi connectivity index (χ4v) is 2.19. The average Bonchev–Trinajstić information content (AvgIpc) is 2.11. The normalized spacial score (nSPS) is 27.5. The van der Waals surface area contributed by atoms with E-state index < -0.39 is 0 Å². The third kappa shape index (κ3) is 2.56. The van der Waals surface area contributed by atoms with Gasteiger partial charge >= 0.3 is 0 Å². The highest BCUT2D eigenvalue weighted by molar-refractivity contribution is 4.96. The molecule has 0 saturated carbocycles. The number of piperazine rings is 1. The van der Waals surface area contributed by atoms with E-state index in [1.54, 1.807) is 0 Å². The number of nitrogens with zero attached hydrogens (tertiary/aromatic N) is 1. The standard InChI is InChI=1S/C11H22N2O/c1-4-6-13-10(5-7-14)8-12-9-11(13,2)3/h4,10,12,14H,1,5-9H2,2-3H3. The van der Waals surface area contributed by atoms with Gasteiger partial charge in [-0.3, -0.25) is 4.90 Å². The molecule has 2 N–H and O–H groups in total. The Morgan fingerprint density at radius 1 is 1.64 bits per heavy atom. The van der Waals surface area contributed by atoms with Crippen LogP contribution in [-0.2, 0) is 0 Å². The van der Waals surface area contributed by atoms with Crippen LogP contribution in [0.2, 0.25) is 0 Å². The molecule has 1 heterocycles. The van der Waals surface area contributed by atoms with Gasteiger partial charge in [-0.2, -0.15) is 0 Å². The summed E-state index contributed by atoms with van der Waals surface area (Å²) in [6.07, 6.45) is 2.78. The minimum atomic E-state index is 0.159. The van der Waals surface area contributed by atoms with Crippen molar-refractivity contribution in [2.45, 2.75) is 31.8 Å². The zero-order valence-electron chi connectivity index (χ0n) is 9.29. The Morgan fingerprint density at radius 2 is 2.36 bits per heavy atom. The van der Waals surface area contributed by atoms with Crippen molar-refractivity contribution in [2.24, 2.45) is 0 Å². The summed E-state index contributed by atoms with van der Waals surface area (Å²) in [7, 11) is 0. The van der Waals surface area contributed by atoms with Crippen molar-refractivity contribution in [1.82, 2.24) is 10.2 Å². The lowest BCUT2D eigenvalue weighted by Crippen LogP contribution is -2.62. The summed E-state index contributed by atoms with van der Waals surface area (Å²) in [6, 6.07) is 0.432. The average molecular weight is 198 g/mol. The molecule has 0 aromatic carbocycles. The van der Waals surface area contributed by atoms with Crippen LogP contribution < -0.4 is 5.32 Å². The van der Waals surface area contributed by atoms with Crippen LogP contribution in [0.1, 0.15) is 20.3 Å². The van der Waals surface area contributed by atoms with Crippen molar-refractivity contribution >= 4 is 0 Å². The van der Waals surface area contributed by atoms with Crippen molar-refractivity contribution in [1.29, 1.82) is 0 Å². The van der Waals surface area contributed by atoms with Crippen molar-refractivity contribution in [3.63, 3.8) is 0 Å². The smallest absolute Gasteiger partial charge is 0.0446 e. The molecule has 0 aromatic heterocycles. The number of aliphatic hydroxyl groups is 1. The quantitative estimate of drug-likeness (QED) is 0.650. The van der Waals surface area contributed by atoms with Crippen molar-refractivity contribution in [3.05, 3.63) is 12.7 Å². The van der Waals surface area contributed by atoms with Gasteiger partial charge in [0.25, 0.3) is 0 Å². The van der Waals surface area contributed by atoms with E-state index >= 15 is 0 Å². The highest BCUT2D eigenvalue weighted by Gasteiger charge is 2.34. The Hall–Kier alpha value is -0.380. The van der Waals surface area contributed by atoms with E-state index in [1.165, 1.54) is 0 Å². The highest BCUT2D eigenvalue weighted by atomic mass is 16.3. The zero-order valence-corrected chi connectivity index (χ0v) is 9.29. The monoisotopic (exact) mass is 198 g/mol. The second kappa shape index (κ2) is 4.91. The van der Waals surface area contributed by atoms with E-state index in [1.807, 2.05) is 6.08 Å². The third-order valence-corrected chi connectivity index (χ3v) is 2.94. The summed E-state index contributed by atoms with van der Waals surface area (Å²) in [6.45, 7) is 11.4. The maximum atomic E-state index is 8.99. The van der Waals surface area contributed by atoms with Gasteiger partial charge in [0.1, 0.15) is 0 Å². The summed E-state index contributed by atoms with van der Waals surface area (Å²) >= 11 is 0. The number of aliphatic hydroxyl groups excluding tert-OH is 1. The summed E-state index contributed by atoms with van der Waals surface area (Å²) in [5.41, 5.74) is 0.159. The van der Waals surface area contributed by atoms with Crippen LogP contribution in [0.4, 0.5) is 0 Å². The zero-order chi connectivity index (χ0) is 10.6. The molecule has 0 amide bonds. The van der Waals surface area contributed by atoms with Gasteiger partial charge in [0, 0.05) is 37.8 Å². The maximum Gasteiger partial charge on any atom is 0.0446 e. The van der Waals surface area contributed by atoms with Crippen LogP contribution in [0.25, 0.3) is 0 Å². The number of hydrogen-bond donors (Lipinski definition) is 2. The molecule has 0 aliphatic carbocycles. The van der Waals surface area contributed by atoms with Crippen LogP contribution in [0.3, 0.4) is 0 Å². The van der Waals surface area contributed by atoms with E-state index in [-0.39, 0.29) is 12.1 Å². The first-order valence-electron chi connectivity index (χ1n) is 5.31. The lowest BCUT2D eigenvalue weighted by molar-refractivity contribution is 0.0368. The SMILES string of the molecule is C=CCN1C(CCO)CNCC1(C)C. The van der Waals surface area contributed by atoms with E-state index in [0.29, 0.717) is 6.04 Å². The predicted octanol–water partition coefficient (Wildman–Crippen LogP) is 0.607. The third-order valence-electron chi connectivity index (χ3n) is 2.94. The van der Waals surface area contributed by atoms with Gasteiger partial charge in [-0.05, 0) is 20.3 Å². The summed E-state index contributed by atoms with van der Waals surface area (Å²) < 4.78 is 0. The number of rotatable bonds is 4. The minimum absolute atomic E-state index is 0.159. The van der Waals surface area contributed by atoms with Crippen molar-refractivity contribution in [2.75, 3.05) is 26.2 Å². The molecule has 14 heavy (non-hydrogen) atoms. The molecule has 82 valence electrons. The van der Waals surface area contributed by atoms with Gasteiger partial charge in [0.2, 0.25) is 0 Å². The number of nitrogens with one attached hydrogen (secondary N) is 1. The Bertz CT molecular complexity index is 190. The largest absolute Gasteiger partial charge is 0.396 e. The van der Waals surface area contributed by atoms with Crippen molar-refractivity contribution in [3.8, 4) is 0 Å². The topological polar surface area (TPSA) is 35.5 Å². The van der Waals surface area contributed by atoms with E-state index in [2.05, 4.69) is 30.6 Å². The fraction of sp³-hybridized carbons (Fsp3) is 0.818. The van der Waals surface area contributed by atoms with Gasteiger partial charge in [-0.15, -0.1) is 6.58 Å². The van der Waals surface area contributed by atoms with Crippen molar-refractivity contribution < 1.29 is 5.11 Å². The molecule has 1 atom stereocenters. The molecule has 1 aliphatic rings. The second-order valence-electron chi connectivity index (χ2n) is 4.55. The predicted molar refractivity (Wildman–Crippen MR) is 59.3 cm³/mol. The van der Waals surface area contributed by atoms with Gasteiger partial charge in [0.05, 0.1) is 0 Å². The molecule has 0 aromatic rings. The van der Waals surface area contributed by atoms with Crippen LogP contribution in [-0.4, -0.2) is 47.8 Å². The molecule has 1 unspecified atom stereocenters. The molecule has 1 saturated heterocycles. The molecule has 3 nitrogen and oxygen atoms in total. The molecular formula is C11H22N2O. The Labute approximate surface area is 86.8 Å². The fourth-order valence-electron chi connectivity index (χ4n) is 2.19. The first-order valence-corrected chi connectivity index (χ1v) is 5.31. The lowest BCUT2D eigenvalue weighted by Gasteiger charge is -2.47. The maximum absolute atomic E-state index is 8.99. The van der Waals surface area contributed by atoms with Crippen LogP contribution in [0.15, 0.2) is 12.7 Å². The Kier molecular flexibility index (Phi) is 4.11. The number of hydrogen-bond acceptors (Lipinski definition) is 3. The van der Waals surface area contributed by atoms with Crippen LogP contribution in [0, 0.1) is 0 Å². The second-order valence-corrected chi connectivity index (χ2v) is 4.55. The molecule has 0 spiro atoms. The summed E-state index contributed by atoms with van der Waals surface area (Å²) in [5, 5.41) is 12.4. The molecule has 0 bridgehead atoms. The molecular weight excluding hydrogens is 176 g/mol. The summed E-state index contributed by atoms with van der Waals surface area (Å²) in [4.78, 5) is 2.42. The lowest BCUT2D eigenvalue weighted by atomic mass is 9.95. The highest BCUT2D eigenvalue weighted by Crippen LogP contribution is 2.21. The van der Waals surface area contributed by atoms with Gasteiger partial charge in [-0.1, -0.05) is 6.08 Å². The molecule has 1 aliphatic heterocycles. The van der Waals surface area contributed by atoms with E-state index in [9.17, 15) is 0 Å². The molecule has 3 heteroatoms. The Balaban J connectivity index is 2.67. The first-order chi connectivity index (χ1) is 6.61. The first kappa shape index (κ1) is 11.7. The minimum Gasteiger partial charge on any atom is -0.396 e. The molecule has 1 fully saturated rings. The van der Waals surface area contributed by atoms with E-state index in [0.717, 1.165) is 26.1 Å². The Morgan fingerprint density at radius 3 is 2.93 bits per heavy atom. The van der Waals surface area contributed by atoms with Crippen LogP contribution in [0.5, 0.6) is 0 Å². The molecule has 1 rings (SSSR count).